The summed E-state index contributed by atoms with van der Waals surface area (Å²) < 4.78 is 18.8. The molecule has 0 unspecified atom stereocenters. The lowest BCUT2D eigenvalue weighted by molar-refractivity contribution is 0.0595. The number of carbonyl (C=O) groups is 1. The second kappa shape index (κ2) is 7.14. The van der Waals surface area contributed by atoms with Crippen molar-refractivity contribution in [2.45, 2.75) is 37.6 Å². The van der Waals surface area contributed by atoms with Crippen molar-refractivity contribution in [2.24, 2.45) is 5.73 Å². The summed E-state index contributed by atoms with van der Waals surface area (Å²) in [5.41, 5.74) is 13.5. The lowest BCUT2D eigenvalue weighted by Crippen LogP contribution is -2.26. The monoisotopic (exact) mass is 344 g/mol. The third-order valence-electron chi connectivity index (χ3n) is 4.66. The number of anilines is 1. The molecule has 1 aromatic heterocycles. The molecule has 0 radical (unpaired) electrons. The number of rotatable bonds is 3. The van der Waals surface area contributed by atoms with E-state index in [0.29, 0.717) is 11.3 Å². The topological polar surface area (TPSA) is 104 Å². The molecule has 132 valence electrons. The summed E-state index contributed by atoms with van der Waals surface area (Å²) >= 11 is 0. The van der Waals surface area contributed by atoms with Crippen LogP contribution in [0, 0.1) is 5.82 Å². The summed E-state index contributed by atoms with van der Waals surface area (Å²) in [7, 11) is 1.21. The number of nitrogen functional groups attached to an aromatic ring is 1. The Balaban J connectivity index is 1.93. The number of methoxy groups -OCH3 is 1. The number of hydrogen-bond acceptors (Lipinski definition) is 6. The minimum atomic E-state index is -0.726. The highest BCUT2D eigenvalue weighted by Gasteiger charge is 2.23. The Kier molecular flexibility index (Phi) is 4.94. The van der Waals surface area contributed by atoms with Crippen molar-refractivity contribution in [3.8, 4) is 11.3 Å². The summed E-state index contributed by atoms with van der Waals surface area (Å²) in [6.07, 6.45) is 5.49. The molecule has 25 heavy (non-hydrogen) atoms. The molecule has 6 nitrogen and oxygen atoms in total. The Labute approximate surface area is 145 Å². The molecule has 0 atom stereocenters. The van der Waals surface area contributed by atoms with Crippen LogP contribution in [0.3, 0.4) is 0 Å². The fraction of sp³-hybridized carbons (Fsp3) is 0.389. The van der Waals surface area contributed by atoms with Crippen LogP contribution in [-0.4, -0.2) is 29.1 Å². The van der Waals surface area contributed by atoms with Gasteiger partial charge in [-0.2, -0.15) is 0 Å². The molecular formula is C18H21FN4O2. The van der Waals surface area contributed by atoms with Crippen LogP contribution < -0.4 is 11.5 Å². The number of carbonyl (C=O) groups excluding carboxylic acids is 1. The van der Waals surface area contributed by atoms with Gasteiger partial charge in [0, 0.05) is 17.5 Å². The molecule has 4 N–H and O–H groups in total. The Morgan fingerprint density at radius 3 is 2.64 bits per heavy atom. The number of aromatic nitrogens is 2. The first-order chi connectivity index (χ1) is 12.0. The fourth-order valence-electron chi connectivity index (χ4n) is 3.17. The number of ether oxygens (including phenoxy) is 1. The zero-order chi connectivity index (χ0) is 18.0. The molecule has 1 heterocycles. The second-order valence-corrected chi connectivity index (χ2v) is 6.33. The highest BCUT2D eigenvalue weighted by atomic mass is 19.1. The Hall–Kier alpha value is -2.54. The van der Waals surface area contributed by atoms with E-state index in [1.807, 2.05) is 0 Å². The maximum absolute atomic E-state index is 14.2. The molecule has 1 saturated carbocycles. The van der Waals surface area contributed by atoms with E-state index < -0.39 is 11.8 Å². The van der Waals surface area contributed by atoms with Gasteiger partial charge < -0.3 is 16.2 Å². The SMILES string of the molecule is COC(=O)c1ccc(-c2nc(C3CCC(N)CC3)cnc2N)cc1F. The normalized spacial score (nSPS) is 20.3. The highest BCUT2D eigenvalue weighted by molar-refractivity contribution is 5.90. The van der Waals surface area contributed by atoms with Gasteiger partial charge in [0.1, 0.15) is 17.3 Å². The van der Waals surface area contributed by atoms with E-state index in [4.69, 9.17) is 11.5 Å². The number of esters is 1. The van der Waals surface area contributed by atoms with Gasteiger partial charge in [-0.1, -0.05) is 6.07 Å². The maximum atomic E-state index is 14.2. The number of benzene rings is 1. The predicted molar refractivity (Wildman–Crippen MR) is 92.4 cm³/mol. The molecule has 0 spiro atoms. The third-order valence-corrected chi connectivity index (χ3v) is 4.66. The van der Waals surface area contributed by atoms with E-state index in [-0.39, 0.29) is 23.3 Å². The molecule has 0 saturated heterocycles. The van der Waals surface area contributed by atoms with Gasteiger partial charge in [-0.15, -0.1) is 0 Å². The van der Waals surface area contributed by atoms with E-state index in [1.165, 1.54) is 19.2 Å². The molecule has 1 aliphatic carbocycles. The first-order valence-corrected chi connectivity index (χ1v) is 8.25. The molecule has 1 aromatic carbocycles. The van der Waals surface area contributed by atoms with Crippen LogP contribution >= 0.6 is 0 Å². The van der Waals surface area contributed by atoms with Gasteiger partial charge in [-0.3, -0.25) is 0 Å². The van der Waals surface area contributed by atoms with Gasteiger partial charge in [0.05, 0.1) is 24.6 Å². The molecule has 0 aliphatic heterocycles. The van der Waals surface area contributed by atoms with Gasteiger partial charge >= 0.3 is 5.97 Å². The Morgan fingerprint density at radius 1 is 1.28 bits per heavy atom. The number of halogens is 1. The zero-order valence-electron chi connectivity index (χ0n) is 14.0. The van der Waals surface area contributed by atoms with Crippen LogP contribution in [-0.2, 0) is 4.74 Å². The van der Waals surface area contributed by atoms with Crippen LogP contribution in [0.25, 0.3) is 11.3 Å². The molecule has 1 fully saturated rings. The number of nitrogens with zero attached hydrogens (tertiary/aromatic N) is 2. The van der Waals surface area contributed by atoms with Gasteiger partial charge in [0.25, 0.3) is 0 Å². The fourth-order valence-corrected chi connectivity index (χ4v) is 3.17. The molecular weight excluding hydrogens is 323 g/mol. The van der Waals surface area contributed by atoms with E-state index >= 15 is 0 Å². The van der Waals surface area contributed by atoms with Crippen LogP contribution in [0.5, 0.6) is 0 Å². The maximum Gasteiger partial charge on any atom is 0.340 e. The summed E-state index contributed by atoms with van der Waals surface area (Å²) in [4.78, 5) is 20.3. The van der Waals surface area contributed by atoms with Crippen molar-refractivity contribution in [2.75, 3.05) is 12.8 Å². The molecule has 3 rings (SSSR count). The first-order valence-electron chi connectivity index (χ1n) is 8.25. The summed E-state index contributed by atoms with van der Waals surface area (Å²) in [6, 6.07) is 4.44. The molecule has 7 heteroatoms. The number of nitrogens with two attached hydrogens (primary N) is 2. The lowest BCUT2D eigenvalue weighted by Gasteiger charge is -2.25. The lowest BCUT2D eigenvalue weighted by atomic mass is 9.84. The van der Waals surface area contributed by atoms with Crippen molar-refractivity contribution in [3.63, 3.8) is 0 Å². The zero-order valence-corrected chi connectivity index (χ0v) is 14.0. The van der Waals surface area contributed by atoms with Crippen LogP contribution in [0.1, 0.15) is 47.7 Å². The van der Waals surface area contributed by atoms with Crippen molar-refractivity contribution in [3.05, 3.63) is 41.5 Å². The van der Waals surface area contributed by atoms with Crippen molar-refractivity contribution in [1.82, 2.24) is 9.97 Å². The molecule has 2 aromatic rings. The highest BCUT2D eigenvalue weighted by Crippen LogP contribution is 2.33. The average Bonchev–Trinajstić information content (AvgIpc) is 2.62. The van der Waals surface area contributed by atoms with Crippen molar-refractivity contribution < 1.29 is 13.9 Å². The standard InChI is InChI=1S/C18H21FN4O2/c1-25-18(24)13-7-4-11(8-14(13)19)16-17(21)22-9-15(23-16)10-2-5-12(20)6-3-10/h4,7-10,12H,2-3,5-6,20H2,1H3,(H2,21,22). The average molecular weight is 344 g/mol. The summed E-state index contributed by atoms with van der Waals surface area (Å²) in [5, 5.41) is 0. The van der Waals surface area contributed by atoms with Gasteiger partial charge in [0.15, 0.2) is 0 Å². The Morgan fingerprint density at radius 2 is 2.00 bits per heavy atom. The van der Waals surface area contributed by atoms with Crippen molar-refractivity contribution in [1.29, 1.82) is 0 Å². The molecule has 0 bridgehead atoms. The van der Waals surface area contributed by atoms with E-state index in [0.717, 1.165) is 31.4 Å². The molecule has 0 amide bonds. The largest absolute Gasteiger partial charge is 0.465 e. The van der Waals surface area contributed by atoms with E-state index in [9.17, 15) is 9.18 Å². The molecule has 1 aliphatic rings. The smallest absolute Gasteiger partial charge is 0.340 e. The van der Waals surface area contributed by atoms with Crippen LogP contribution in [0.15, 0.2) is 24.4 Å². The third kappa shape index (κ3) is 3.61. The van der Waals surface area contributed by atoms with Crippen molar-refractivity contribution >= 4 is 11.8 Å². The van der Waals surface area contributed by atoms with Gasteiger partial charge in [-0.25, -0.2) is 19.2 Å². The minimum absolute atomic E-state index is 0.129. The minimum Gasteiger partial charge on any atom is -0.465 e. The predicted octanol–water partition coefficient (Wildman–Crippen LogP) is 2.64. The second-order valence-electron chi connectivity index (χ2n) is 6.33. The quantitative estimate of drug-likeness (QED) is 0.830. The van der Waals surface area contributed by atoms with Gasteiger partial charge in [0.2, 0.25) is 0 Å². The number of hydrogen-bond donors (Lipinski definition) is 2. The Bertz CT molecular complexity index is 789. The summed E-state index contributed by atoms with van der Waals surface area (Å²) in [5.74, 6) is -0.901. The van der Waals surface area contributed by atoms with Crippen LogP contribution in [0.2, 0.25) is 0 Å². The summed E-state index contributed by atoms with van der Waals surface area (Å²) in [6.45, 7) is 0. The van der Waals surface area contributed by atoms with Gasteiger partial charge in [-0.05, 0) is 37.8 Å². The van der Waals surface area contributed by atoms with E-state index in [2.05, 4.69) is 14.7 Å². The van der Waals surface area contributed by atoms with Crippen LogP contribution in [0.4, 0.5) is 10.2 Å². The first kappa shape index (κ1) is 17.3. The van der Waals surface area contributed by atoms with E-state index in [1.54, 1.807) is 12.3 Å².